The van der Waals surface area contributed by atoms with Crippen molar-refractivity contribution in [1.29, 1.82) is 0 Å². The zero-order valence-electron chi connectivity index (χ0n) is 9.51. The second kappa shape index (κ2) is 4.57. The lowest BCUT2D eigenvalue weighted by atomic mass is 10.0. The van der Waals surface area contributed by atoms with Crippen LogP contribution in [0.25, 0.3) is 5.82 Å². The second-order valence-corrected chi connectivity index (χ2v) is 3.98. The minimum absolute atomic E-state index is 0.123. The number of rotatable bonds is 3. The predicted molar refractivity (Wildman–Crippen MR) is 58.2 cm³/mol. The molecule has 4 nitrogen and oxygen atoms in total. The van der Waals surface area contributed by atoms with Gasteiger partial charge in [0.25, 0.3) is 6.43 Å². The first kappa shape index (κ1) is 11.6. The van der Waals surface area contributed by atoms with E-state index in [1.165, 1.54) is 23.1 Å². The standard InChI is InChI=1S/C11H12F2N4/c1-7(2)8-5-9(10(12)13)11(14-6-8)17-4-3-15-16-17/h3-7,10H,1-2H3. The number of hydrogen-bond acceptors (Lipinski definition) is 3. The van der Waals surface area contributed by atoms with Crippen molar-refractivity contribution in [2.45, 2.75) is 26.2 Å². The van der Waals surface area contributed by atoms with Gasteiger partial charge in [-0.3, -0.25) is 0 Å². The second-order valence-electron chi connectivity index (χ2n) is 3.98. The first-order valence-electron chi connectivity index (χ1n) is 5.24. The van der Waals surface area contributed by atoms with E-state index >= 15 is 0 Å². The lowest BCUT2D eigenvalue weighted by molar-refractivity contribution is 0.150. The summed E-state index contributed by atoms with van der Waals surface area (Å²) in [5.41, 5.74) is 0.658. The molecular weight excluding hydrogens is 226 g/mol. The molecule has 0 amide bonds. The van der Waals surface area contributed by atoms with Crippen LogP contribution in [-0.4, -0.2) is 20.0 Å². The molecule has 0 aliphatic carbocycles. The molecule has 0 N–H and O–H groups in total. The molecular formula is C11H12F2N4. The average Bonchev–Trinajstić information content (AvgIpc) is 2.81. The SMILES string of the molecule is CC(C)c1cnc(-n2ccnn2)c(C(F)F)c1. The van der Waals surface area contributed by atoms with E-state index in [0.29, 0.717) is 0 Å². The van der Waals surface area contributed by atoms with Crippen LogP contribution in [0.15, 0.2) is 24.7 Å². The predicted octanol–water partition coefficient (Wildman–Crippen LogP) is 2.72. The molecule has 2 aromatic heterocycles. The molecule has 0 unspecified atom stereocenters. The summed E-state index contributed by atoms with van der Waals surface area (Å²) in [5, 5.41) is 7.26. The summed E-state index contributed by atoms with van der Waals surface area (Å²) in [5.74, 6) is 0.284. The molecule has 0 bridgehead atoms. The van der Waals surface area contributed by atoms with Crippen LogP contribution in [0.2, 0.25) is 0 Å². The van der Waals surface area contributed by atoms with Gasteiger partial charge in [0.2, 0.25) is 0 Å². The summed E-state index contributed by atoms with van der Waals surface area (Å²) in [6, 6.07) is 1.47. The highest BCUT2D eigenvalue weighted by atomic mass is 19.3. The first-order chi connectivity index (χ1) is 8.09. The topological polar surface area (TPSA) is 43.6 Å². The Labute approximate surface area is 97.3 Å². The molecule has 90 valence electrons. The van der Waals surface area contributed by atoms with Crippen LogP contribution < -0.4 is 0 Å². The van der Waals surface area contributed by atoms with Crippen molar-refractivity contribution in [3.05, 3.63) is 35.8 Å². The van der Waals surface area contributed by atoms with Crippen molar-refractivity contribution in [2.75, 3.05) is 0 Å². The molecule has 0 radical (unpaired) electrons. The number of pyridine rings is 1. The Hall–Kier alpha value is -1.85. The van der Waals surface area contributed by atoms with Crippen LogP contribution in [0.4, 0.5) is 8.78 Å². The maximum atomic E-state index is 13.0. The van der Waals surface area contributed by atoms with Gasteiger partial charge in [-0.1, -0.05) is 19.1 Å². The first-order valence-corrected chi connectivity index (χ1v) is 5.24. The quantitative estimate of drug-likeness (QED) is 0.825. The fourth-order valence-corrected chi connectivity index (χ4v) is 1.48. The number of aromatic nitrogens is 4. The number of nitrogens with zero attached hydrogens (tertiary/aromatic N) is 4. The summed E-state index contributed by atoms with van der Waals surface area (Å²) >= 11 is 0. The van der Waals surface area contributed by atoms with E-state index in [2.05, 4.69) is 15.3 Å². The molecule has 0 aliphatic heterocycles. The third kappa shape index (κ3) is 2.30. The largest absolute Gasteiger partial charge is 0.267 e. The molecule has 0 aromatic carbocycles. The molecule has 2 rings (SSSR count). The zero-order chi connectivity index (χ0) is 12.4. The van der Waals surface area contributed by atoms with E-state index in [9.17, 15) is 8.78 Å². The van der Waals surface area contributed by atoms with Gasteiger partial charge in [0.1, 0.15) is 0 Å². The van der Waals surface area contributed by atoms with E-state index < -0.39 is 6.43 Å². The monoisotopic (exact) mass is 238 g/mol. The van der Waals surface area contributed by atoms with Crippen molar-refractivity contribution in [3.63, 3.8) is 0 Å². The lowest BCUT2D eigenvalue weighted by Gasteiger charge is -2.11. The minimum Gasteiger partial charge on any atom is -0.236 e. The van der Waals surface area contributed by atoms with Gasteiger partial charge < -0.3 is 0 Å². The van der Waals surface area contributed by atoms with Crippen molar-refractivity contribution in [2.24, 2.45) is 0 Å². The lowest BCUT2D eigenvalue weighted by Crippen LogP contribution is -2.06. The van der Waals surface area contributed by atoms with E-state index in [0.717, 1.165) is 5.56 Å². The van der Waals surface area contributed by atoms with Gasteiger partial charge in [-0.05, 0) is 17.5 Å². The normalized spacial score (nSPS) is 11.4. The van der Waals surface area contributed by atoms with Crippen molar-refractivity contribution in [1.82, 2.24) is 20.0 Å². The maximum absolute atomic E-state index is 13.0. The van der Waals surface area contributed by atoms with Gasteiger partial charge in [0, 0.05) is 6.20 Å². The Morgan fingerprint density at radius 3 is 2.59 bits per heavy atom. The third-order valence-electron chi connectivity index (χ3n) is 2.46. The summed E-state index contributed by atoms with van der Waals surface area (Å²) in [6.45, 7) is 3.86. The summed E-state index contributed by atoms with van der Waals surface area (Å²) in [6.07, 6.45) is 1.92. The van der Waals surface area contributed by atoms with Crippen LogP contribution in [0.5, 0.6) is 0 Å². The fourth-order valence-electron chi connectivity index (χ4n) is 1.48. The van der Waals surface area contributed by atoms with Crippen LogP contribution in [0.3, 0.4) is 0 Å². The summed E-state index contributed by atoms with van der Waals surface area (Å²) in [4.78, 5) is 4.04. The van der Waals surface area contributed by atoms with Crippen LogP contribution in [0.1, 0.15) is 37.3 Å². The Balaban J connectivity index is 2.53. The zero-order valence-corrected chi connectivity index (χ0v) is 9.51. The highest BCUT2D eigenvalue weighted by Crippen LogP contribution is 2.27. The van der Waals surface area contributed by atoms with Gasteiger partial charge >= 0.3 is 0 Å². The van der Waals surface area contributed by atoms with Crippen LogP contribution >= 0.6 is 0 Å². The van der Waals surface area contributed by atoms with E-state index in [4.69, 9.17) is 0 Å². The molecule has 2 heterocycles. The van der Waals surface area contributed by atoms with Crippen LogP contribution in [-0.2, 0) is 0 Å². The fraction of sp³-hybridized carbons (Fsp3) is 0.364. The maximum Gasteiger partial charge on any atom is 0.267 e. The number of halogens is 2. The van der Waals surface area contributed by atoms with Gasteiger partial charge in [0.05, 0.1) is 18.0 Å². The molecule has 0 saturated heterocycles. The minimum atomic E-state index is -2.58. The van der Waals surface area contributed by atoms with E-state index in [-0.39, 0.29) is 17.3 Å². The highest BCUT2D eigenvalue weighted by molar-refractivity contribution is 5.37. The molecule has 0 aliphatic rings. The van der Waals surface area contributed by atoms with Crippen LogP contribution in [0, 0.1) is 0 Å². The molecule has 0 saturated carbocycles. The van der Waals surface area contributed by atoms with Gasteiger partial charge in [-0.15, -0.1) is 5.10 Å². The smallest absolute Gasteiger partial charge is 0.236 e. The Morgan fingerprint density at radius 1 is 1.29 bits per heavy atom. The molecule has 0 spiro atoms. The molecule has 0 fully saturated rings. The van der Waals surface area contributed by atoms with Gasteiger partial charge in [0.15, 0.2) is 5.82 Å². The van der Waals surface area contributed by atoms with Gasteiger partial charge in [-0.25, -0.2) is 18.4 Å². The van der Waals surface area contributed by atoms with Gasteiger partial charge in [-0.2, -0.15) is 0 Å². The van der Waals surface area contributed by atoms with E-state index in [1.807, 2.05) is 13.8 Å². The molecule has 0 atom stereocenters. The number of alkyl halides is 2. The van der Waals surface area contributed by atoms with Crippen molar-refractivity contribution >= 4 is 0 Å². The highest BCUT2D eigenvalue weighted by Gasteiger charge is 2.17. The summed E-state index contributed by atoms with van der Waals surface area (Å²) in [7, 11) is 0. The average molecular weight is 238 g/mol. The summed E-state index contributed by atoms with van der Waals surface area (Å²) < 4.78 is 27.2. The Kier molecular flexibility index (Phi) is 3.12. The number of hydrogen-bond donors (Lipinski definition) is 0. The Morgan fingerprint density at radius 2 is 2.06 bits per heavy atom. The Bertz CT molecular complexity index is 494. The van der Waals surface area contributed by atoms with E-state index in [1.54, 1.807) is 6.20 Å². The molecule has 2 aromatic rings. The molecule has 17 heavy (non-hydrogen) atoms. The molecule has 6 heteroatoms. The third-order valence-corrected chi connectivity index (χ3v) is 2.46. The van der Waals surface area contributed by atoms with Crippen molar-refractivity contribution in [3.8, 4) is 5.82 Å². The van der Waals surface area contributed by atoms with Crippen molar-refractivity contribution < 1.29 is 8.78 Å².